The number of rotatable bonds is 5. The molecule has 1 aliphatic heterocycles. The van der Waals surface area contributed by atoms with Gasteiger partial charge in [-0.1, -0.05) is 55.0 Å². The van der Waals surface area contributed by atoms with Gasteiger partial charge in [0.25, 0.3) is 5.91 Å². The van der Waals surface area contributed by atoms with Crippen LogP contribution in [0.3, 0.4) is 0 Å². The van der Waals surface area contributed by atoms with E-state index in [0.717, 1.165) is 36.1 Å². The summed E-state index contributed by atoms with van der Waals surface area (Å²) >= 11 is 0. The second kappa shape index (κ2) is 9.33. The van der Waals surface area contributed by atoms with Crippen LogP contribution in [-0.2, 0) is 6.54 Å². The van der Waals surface area contributed by atoms with E-state index in [-0.39, 0.29) is 5.91 Å². The van der Waals surface area contributed by atoms with Gasteiger partial charge in [-0.15, -0.1) is 0 Å². The van der Waals surface area contributed by atoms with E-state index in [0.29, 0.717) is 5.56 Å². The standard InChI is InChI=1S/C28H27N3O/c32-28(30-27-11-7-10-23-19-29-15-14-26(23)27)22-12-13-25(21-8-3-1-4-9-21)24(18-22)20-31-16-5-2-6-17-31/h1,3-4,7-15,18-19H,2,5-6,16-17,20H2,(H,30,32). The van der Waals surface area contributed by atoms with Crippen molar-refractivity contribution < 1.29 is 4.79 Å². The Bertz CT molecular complexity index is 1220. The van der Waals surface area contributed by atoms with E-state index < -0.39 is 0 Å². The van der Waals surface area contributed by atoms with Crippen molar-refractivity contribution in [2.45, 2.75) is 25.8 Å². The summed E-state index contributed by atoms with van der Waals surface area (Å²) in [5.74, 6) is -0.0891. The summed E-state index contributed by atoms with van der Waals surface area (Å²) in [6.45, 7) is 3.11. The molecule has 1 fully saturated rings. The number of aromatic nitrogens is 1. The molecule has 0 aliphatic carbocycles. The monoisotopic (exact) mass is 421 g/mol. The van der Waals surface area contributed by atoms with Crippen LogP contribution >= 0.6 is 0 Å². The third-order valence-electron chi connectivity index (χ3n) is 6.22. The van der Waals surface area contributed by atoms with Crippen molar-refractivity contribution in [3.8, 4) is 11.1 Å². The van der Waals surface area contributed by atoms with Crippen LogP contribution in [0.25, 0.3) is 21.9 Å². The average Bonchev–Trinajstić information content (AvgIpc) is 2.85. The number of likely N-dealkylation sites (tertiary alicyclic amines) is 1. The van der Waals surface area contributed by atoms with Gasteiger partial charge in [0.05, 0.1) is 0 Å². The molecule has 1 amide bonds. The van der Waals surface area contributed by atoms with Crippen LogP contribution in [0, 0.1) is 0 Å². The first-order valence-corrected chi connectivity index (χ1v) is 11.3. The maximum Gasteiger partial charge on any atom is 0.255 e. The first-order chi connectivity index (χ1) is 15.8. The molecule has 0 unspecified atom stereocenters. The van der Waals surface area contributed by atoms with Crippen LogP contribution in [-0.4, -0.2) is 28.9 Å². The second-order valence-electron chi connectivity index (χ2n) is 8.43. The molecule has 5 rings (SSSR count). The van der Waals surface area contributed by atoms with E-state index in [4.69, 9.17) is 0 Å². The molecular formula is C28H27N3O. The highest BCUT2D eigenvalue weighted by molar-refractivity contribution is 6.09. The van der Waals surface area contributed by atoms with Crippen LogP contribution in [0.15, 0.2) is 85.2 Å². The zero-order valence-electron chi connectivity index (χ0n) is 18.1. The van der Waals surface area contributed by atoms with E-state index >= 15 is 0 Å². The molecule has 1 saturated heterocycles. The topological polar surface area (TPSA) is 45.2 Å². The molecule has 0 atom stereocenters. The van der Waals surface area contributed by atoms with Crippen LogP contribution in [0.1, 0.15) is 35.2 Å². The number of nitrogens with one attached hydrogen (secondary N) is 1. The highest BCUT2D eigenvalue weighted by atomic mass is 16.1. The molecule has 3 aromatic carbocycles. The fraction of sp³-hybridized carbons (Fsp3) is 0.214. The third kappa shape index (κ3) is 4.41. The van der Waals surface area contributed by atoms with Gasteiger partial charge in [-0.25, -0.2) is 0 Å². The summed E-state index contributed by atoms with van der Waals surface area (Å²) < 4.78 is 0. The van der Waals surface area contributed by atoms with Crippen molar-refractivity contribution in [3.63, 3.8) is 0 Å². The van der Waals surface area contributed by atoms with Gasteiger partial charge < -0.3 is 5.32 Å². The number of carbonyl (C=O) groups is 1. The Hall–Kier alpha value is -3.50. The molecule has 0 saturated carbocycles. The first-order valence-electron chi connectivity index (χ1n) is 11.3. The smallest absolute Gasteiger partial charge is 0.255 e. The van der Waals surface area contributed by atoms with Gasteiger partial charge in [-0.05, 0) is 66.9 Å². The maximum absolute atomic E-state index is 13.2. The van der Waals surface area contributed by atoms with E-state index in [9.17, 15) is 4.79 Å². The molecule has 0 spiro atoms. The Morgan fingerprint density at radius 2 is 1.75 bits per heavy atom. The van der Waals surface area contributed by atoms with Gasteiger partial charge in [0.2, 0.25) is 0 Å². The maximum atomic E-state index is 13.2. The molecule has 1 N–H and O–H groups in total. The quantitative estimate of drug-likeness (QED) is 0.421. The predicted octanol–water partition coefficient (Wildman–Crippen LogP) is 6.14. The average molecular weight is 422 g/mol. The molecule has 0 bridgehead atoms. The molecular weight excluding hydrogens is 394 g/mol. The van der Waals surface area contributed by atoms with Crippen molar-refractivity contribution in [2.24, 2.45) is 0 Å². The van der Waals surface area contributed by atoms with E-state index in [2.05, 4.69) is 51.6 Å². The van der Waals surface area contributed by atoms with E-state index in [1.165, 1.54) is 36.0 Å². The lowest BCUT2D eigenvalue weighted by Gasteiger charge is -2.27. The Labute approximate surface area is 188 Å². The Balaban J connectivity index is 1.46. The van der Waals surface area contributed by atoms with Crippen LogP contribution in [0.5, 0.6) is 0 Å². The van der Waals surface area contributed by atoms with Crippen LogP contribution < -0.4 is 5.32 Å². The summed E-state index contributed by atoms with van der Waals surface area (Å²) in [5, 5.41) is 5.11. The zero-order chi connectivity index (χ0) is 21.8. The van der Waals surface area contributed by atoms with Gasteiger partial charge in [-0.3, -0.25) is 14.7 Å². The van der Waals surface area contributed by atoms with Crippen molar-refractivity contribution in [1.82, 2.24) is 9.88 Å². The summed E-state index contributed by atoms with van der Waals surface area (Å²) in [6, 6.07) is 24.4. The molecule has 4 heteroatoms. The van der Waals surface area contributed by atoms with Gasteiger partial charge >= 0.3 is 0 Å². The van der Waals surface area contributed by atoms with Crippen molar-refractivity contribution in [2.75, 3.05) is 18.4 Å². The number of piperidine rings is 1. The summed E-state index contributed by atoms with van der Waals surface area (Å²) in [6.07, 6.45) is 7.37. The molecule has 2 heterocycles. The second-order valence-corrected chi connectivity index (χ2v) is 8.43. The molecule has 4 nitrogen and oxygen atoms in total. The summed E-state index contributed by atoms with van der Waals surface area (Å²) in [7, 11) is 0. The highest BCUT2D eigenvalue weighted by Crippen LogP contribution is 2.28. The number of nitrogens with zero attached hydrogens (tertiary/aromatic N) is 2. The first kappa shape index (κ1) is 20.4. The third-order valence-corrected chi connectivity index (χ3v) is 6.22. The molecule has 1 aliphatic rings. The number of fused-ring (bicyclic) bond motifs is 1. The minimum atomic E-state index is -0.0891. The molecule has 4 aromatic rings. The lowest BCUT2D eigenvalue weighted by Crippen LogP contribution is -2.29. The number of carbonyl (C=O) groups excluding carboxylic acids is 1. The summed E-state index contributed by atoms with van der Waals surface area (Å²) in [5.41, 5.74) is 5.08. The Morgan fingerprint density at radius 1 is 0.906 bits per heavy atom. The van der Waals surface area contributed by atoms with Gasteiger partial charge in [0, 0.05) is 41.0 Å². The fourth-order valence-electron chi connectivity index (χ4n) is 4.55. The Morgan fingerprint density at radius 3 is 2.59 bits per heavy atom. The number of benzene rings is 3. The van der Waals surface area contributed by atoms with Gasteiger partial charge in [0.1, 0.15) is 0 Å². The summed E-state index contributed by atoms with van der Waals surface area (Å²) in [4.78, 5) is 19.9. The van der Waals surface area contributed by atoms with Crippen LogP contribution in [0.4, 0.5) is 5.69 Å². The SMILES string of the molecule is O=C(Nc1cccc2cnccc12)c1ccc(-c2ccccc2)c(CN2CCCCC2)c1. The van der Waals surface area contributed by atoms with Crippen molar-refractivity contribution >= 4 is 22.4 Å². The molecule has 32 heavy (non-hydrogen) atoms. The lowest BCUT2D eigenvalue weighted by molar-refractivity contribution is 0.102. The largest absolute Gasteiger partial charge is 0.321 e. The van der Waals surface area contributed by atoms with Gasteiger partial charge in [-0.2, -0.15) is 0 Å². The van der Waals surface area contributed by atoms with Crippen molar-refractivity contribution in [1.29, 1.82) is 0 Å². The minimum absolute atomic E-state index is 0.0891. The molecule has 0 radical (unpaired) electrons. The number of anilines is 1. The highest BCUT2D eigenvalue weighted by Gasteiger charge is 2.16. The minimum Gasteiger partial charge on any atom is -0.321 e. The number of amides is 1. The number of hydrogen-bond acceptors (Lipinski definition) is 3. The fourth-order valence-corrected chi connectivity index (χ4v) is 4.55. The Kier molecular flexibility index (Phi) is 5.95. The van der Waals surface area contributed by atoms with Gasteiger partial charge in [0.15, 0.2) is 0 Å². The number of hydrogen-bond donors (Lipinski definition) is 1. The molecule has 1 aromatic heterocycles. The van der Waals surface area contributed by atoms with Crippen molar-refractivity contribution in [3.05, 3.63) is 96.3 Å². The normalized spacial score (nSPS) is 14.4. The number of pyridine rings is 1. The van der Waals surface area contributed by atoms with E-state index in [1.807, 2.05) is 42.6 Å². The van der Waals surface area contributed by atoms with E-state index in [1.54, 1.807) is 6.20 Å². The van der Waals surface area contributed by atoms with Crippen LogP contribution in [0.2, 0.25) is 0 Å². The molecule has 160 valence electrons. The lowest BCUT2D eigenvalue weighted by atomic mass is 9.96. The predicted molar refractivity (Wildman–Crippen MR) is 131 cm³/mol. The zero-order valence-corrected chi connectivity index (χ0v) is 18.1.